The smallest absolute Gasteiger partial charge is 0.242 e. The number of carbonyl (C=O) groups excluding carboxylic acids is 2. The lowest BCUT2D eigenvalue weighted by molar-refractivity contribution is -0.140. The van der Waals surface area contributed by atoms with Crippen LogP contribution in [0, 0.1) is 0 Å². The molecule has 150 valence electrons. The summed E-state index contributed by atoms with van der Waals surface area (Å²) in [5, 5.41) is 4.26. The van der Waals surface area contributed by atoms with Crippen LogP contribution in [-0.4, -0.2) is 28.8 Å². The van der Waals surface area contributed by atoms with Gasteiger partial charge in [0.1, 0.15) is 6.04 Å². The highest BCUT2D eigenvalue weighted by Crippen LogP contribution is 2.24. The van der Waals surface area contributed by atoms with Crippen molar-refractivity contribution in [2.24, 2.45) is 0 Å². The Balaban J connectivity index is 2.27. The summed E-state index contributed by atoms with van der Waals surface area (Å²) in [6.07, 6.45) is 0.140. The number of hydrogen-bond acceptors (Lipinski definition) is 2. The third-order valence-electron chi connectivity index (χ3n) is 4.18. The van der Waals surface area contributed by atoms with Crippen molar-refractivity contribution < 1.29 is 9.59 Å². The Morgan fingerprint density at radius 1 is 0.964 bits per heavy atom. The average Bonchev–Trinajstić information content (AvgIpc) is 2.61. The lowest BCUT2D eigenvalue weighted by Gasteiger charge is -2.29. The van der Waals surface area contributed by atoms with Crippen LogP contribution in [0.1, 0.15) is 31.9 Å². The Labute approximate surface area is 180 Å². The molecule has 7 heteroatoms. The number of rotatable bonds is 7. The van der Waals surface area contributed by atoms with Gasteiger partial charge in [0, 0.05) is 17.6 Å². The van der Waals surface area contributed by atoms with E-state index in [2.05, 4.69) is 5.32 Å². The first-order chi connectivity index (χ1) is 13.2. The predicted octanol–water partition coefficient (Wildman–Crippen LogP) is 5.13. The monoisotopic (exact) mass is 440 g/mol. The molecule has 1 N–H and O–H groups in total. The minimum Gasteiger partial charge on any atom is -0.352 e. The Morgan fingerprint density at radius 3 is 2.29 bits per heavy atom. The van der Waals surface area contributed by atoms with Gasteiger partial charge in [-0.05, 0) is 56.2 Å². The molecule has 2 aromatic rings. The highest BCUT2D eigenvalue weighted by molar-refractivity contribution is 6.42. The van der Waals surface area contributed by atoms with Crippen LogP contribution in [0.4, 0.5) is 0 Å². The maximum absolute atomic E-state index is 13.1. The zero-order valence-corrected chi connectivity index (χ0v) is 18.3. The molecule has 0 spiro atoms. The molecular formula is C21H23Cl3N2O2. The molecule has 2 rings (SSSR count). The molecule has 0 aromatic heterocycles. The molecule has 0 aliphatic rings. The fourth-order valence-electron chi connectivity index (χ4n) is 2.75. The van der Waals surface area contributed by atoms with Crippen LogP contribution in [0.2, 0.25) is 15.1 Å². The van der Waals surface area contributed by atoms with Gasteiger partial charge in [0.25, 0.3) is 0 Å². The van der Waals surface area contributed by atoms with Gasteiger partial charge in [0.15, 0.2) is 0 Å². The van der Waals surface area contributed by atoms with Crippen molar-refractivity contribution in [3.63, 3.8) is 0 Å². The normalized spacial score (nSPS) is 12.0. The van der Waals surface area contributed by atoms with Crippen molar-refractivity contribution in [3.05, 3.63) is 68.7 Å². The predicted molar refractivity (Wildman–Crippen MR) is 115 cm³/mol. The first-order valence-electron chi connectivity index (χ1n) is 8.95. The van der Waals surface area contributed by atoms with Crippen molar-refractivity contribution in [1.29, 1.82) is 0 Å². The fraction of sp³-hybridized carbons (Fsp3) is 0.333. The number of hydrogen-bond donors (Lipinski definition) is 1. The van der Waals surface area contributed by atoms with E-state index in [0.717, 1.165) is 11.1 Å². The van der Waals surface area contributed by atoms with E-state index in [1.807, 2.05) is 19.9 Å². The minimum atomic E-state index is -0.650. The van der Waals surface area contributed by atoms with E-state index in [-0.39, 0.29) is 30.8 Å². The standard InChI is InChI=1S/C21H23Cl3N2O2/c1-13(2)25-21(28)14(3)26(12-16-7-8-18(23)19(24)10-16)20(27)11-15-5-4-6-17(22)9-15/h4-10,13-14H,11-12H2,1-3H3,(H,25,28). The zero-order chi connectivity index (χ0) is 20.8. The summed E-state index contributed by atoms with van der Waals surface area (Å²) in [7, 11) is 0. The quantitative estimate of drug-likeness (QED) is 0.647. The molecule has 2 amide bonds. The van der Waals surface area contributed by atoms with Gasteiger partial charge in [-0.15, -0.1) is 0 Å². The summed E-state index contributed by atoms with van der Waals surface area (Å²) in [6.45, 7) is 5.71. The van der Waals surface area contributed by atoms with E-state index >= 15 is 0 Å². The van der Waals surface area contributed by atoms with Crippen LogP contribution in [0.25, 0.3) is 0 Å². The van der Waals surface area contributed by atoms with Crippen molar-refractivity contribution in [3.8, 4) is 0 Å². The first-order valence-corrected chi connectivity index (χ1v) is 10.1. The van der Waals surface area contributed by atoms with Crippen molar-refractivity contribution in [2.45, 2.75) is 45.8 Å². The second kappa shape index (κ2) is 10.1. The van der Waals surface area contributed by atoms with E-state index in [1.165, 1.54) is 4.90 Å². The molecule has 0 bridgehead atoms. The van der Waals surface area contributed by atoms with Crippen molar-refractivity contribution in [2.75, 3.05) is 0 Å². The van der Waals surface area contributed by atoms with Crippen LogP contribution < -0.4 is 5.32 Å². The van der Waals surface area contributed by atoms with Gasteiger partial charge in [0.2, 0.25) is 11.8 Å². The van der Waals surface area contributed by atoms with Crippen molar-refractivity contribution in [1.82, 2.24) is 10.2 Å². The van der Waals surface area contributed by atoms with Gasteiger partial charge in [-0.1, -0.05) is 53.0 Å². The number of carbonyl (C=O) groups is 2. The molecule has 1 unspecified atom stereocenters. The number of nitrogens with zero attached hydrogens (tertiary/aromatic N) is 1. The van der Waals surface area contributed by atoms with E-state index < -0.39 is 6.04 Å². The van der Waals surface area contributed by atoms with Crippen LogP contribution in [0.3, 0.4) is 0 Å². The van der Waals surface area contributed by atoms with Gasteiger partial charge in [-0.3, -0.25) is 9.59 Å². The van der Waals surface area contributed by atoms with Gasteiger partial charge in [-0.25, -0.2) is 0 Å². The lowest BCUT2D eigenvalue weighted by Crippen LogP contribution is -2.49. The summed E-state index contributed by atoms with van der Waals surface area (Å²) in [5.41, 5.74) is 1.58. The summed E-state index contributed by atoms with van der Waals surface area (Å²) < 4.78 is 0. The fourth-order valence-corrected chi connectivity index (χ4v) is 3.28. The van der Waals surface area contributed by atoms with E-state index in [1.54, 1.807) is 43.3 Å². The molecule has 0 saturated heterocycles. The second-order valence-electron chi connectivity index (χ2n) is 6.92. The number of nitrogens with one attached hydrogen (secondary N) is 1. The third-order valence-corrected chi connectivity index (χ3v) is 5.15. The van der Waals surface area contributed by atoms with Gasteiger partial charge in [-0.2, -0.15) is 0 Å². The van der Waals surface area contributed by atoms with Gasteiger partial charge in [0.05, 0.1) is 16.5 Å². The summed E-state index contributed by atoms with van der Waals surface area (Å²) in [6, 6.07) is 11.6. The Kier molecular flexibility index (Phi) is 8.17. The Morgan fingerprint density at radius 2 is 1.68 bits per heavy atom. The third kappa shape index (κ3) is 6.40. The second-order valence-corrected chi connectivity index (χ2v) is 8.17. The van der Waals surface area contributed by atoms with Crippen LogP contribution in [0.15, 0.2) is 42.5 Å². The largest absolute Gasteiger partial charge is 0.352 e. The maximum Gasteiger partial charge on any atom is 0.242 e. The molecule has 0 fully saturated rings. The molecule has 0 heterocycles. The topological polar surface area (TPSA) is 49.4 Å². The summed E-state index contributed by atoms with van der Waals surface area (Å²) in [5.74, 6) is -0.394. The molecular weight excluding hydrogens is 419 g/mol. The lowest BCUT2D eigenvalue weighted by atomic mass is 10.1. The first kappa shape index (κ1) is 22.5. The van der Waals surface area contributed by atoms with E-state index in [0.29, 0.717) is 15.1 Å². The SMILES string of the molecule is CC(C)NC(=O)C(C)N(Cc1ccc(Cl)c(Cl)c1)C(=O)Cc1cccc(Cl)c1. The highest BCUT2D eigenvalue weighted by atomic mass is 35.5. The average molecular weight is 442 g/mol. The minimum absolute atomic E-state index is 0.0233. The number of halogens is 3. The van der Waals surface area contributed by atoms with Gasteiger partial charge < -0.3 is 10.2 Å². The van der Waals surface area contributed by atoms with Gasteiger partial charge >= 0.3 is 0 Å². The molecule has 0 aliphatic heterocycles. The number of amides is 2. The van der Waals surface area contributed by atoms with Crippen LogP contribution in [-0.2, 0) is 22.6 Å². The highest BCUT2D eigenvalue weighted by Gasteiger charge is 2.26. The molecule has 4 nitrogen and oxygen atoms in total. The van der Waals surface area contributed by atoms with E-state index in [9.17, 15) is 9.59 Å². The maximum atomic E-state index is 13.1. The Hall–Kier alpha value is -1.75. The van der Waals surface area contributed by atoms with E-state index in [4.69, 9.17) is 34.8 Å². The van der Waals surface area contributed by atoms with Crippen molar-refractivity contribution >= 4 is 46.6 Å². The Bertz CT molecular complexity index is 855. The zero-order valence-electron chi connectivity index (χ0n) is 16.0. The summed E-state index contributed by atoms with van der Waals surface area (Å²) >= 11 is 18.1. The van der Waals surface area contributed by atoms with Crippen LogP contribution in [0.5, 0.6) is 0 Å². The van der Waals surface area contributed by atoms with Crippen LogP contribution >= 0.6 is 34.8 Å². The number of benzene rings is 2. The molecule has 28 heavy (non-hydrogen) atoms. The summed E-state index contributed by atoms with van der Waals surface area (Å²) in [4.78, 5) is 27.1. The molecule has 0 saturated carbocycles. The molecule has 1 atom stereocenters. The molecule has 0 aliphatic carbocycles. The molecule has 0 radical (unpaired) electrons. The molecule has 2 aromatic carbocycles.